The van der Waals surface area contributed by atoms with E-state index in [0.29, 0.717) is 0 Å². The number of rotatable bonds is 39. The van der Waals surface area contributed by atoms with Gasteiger partial charge < -0.3 is 14.2 Å². The van der Waals surface area contributed by atoms with E-state index in [1.165, 1.54) is 187 Å². The van der Waals surface area contributed by atoms with E-state index in [-0.39, 0.29) is 11.9 Å². The maximum absolute atomic E-state index is 6.60. The average molecular weight is 737 g/mol. The molecule has 1 fully saturated rings. The molecule has 1 aliphatic rings. The highest BCUT2D eigenvalue weighted by atomic mass is 32.2. The van der Waals surface area contributed by atoms with Crippen molar-refractivity contribution < 1.29 is 14.2 Å². The van der Waals surface area contributed by atoms with E-state index in [0.717, 1.165) is 32.5 Å². The summed E-state index contributed by atoms with van der Waals surface area (Å²) in [6.07, 6.45) is 36.4. The molecule has 1 saturated heterocycles. The lowest BCUT2D eigenvalue weighted by atomic mass is 9.99. The van der Waals surface area contributed by atoms with Crippen molar-refractivity contribution in [3.05, 3.63) is 0 Å². The van der Waals surface area contributed by atoms with Crippen LogP contribution >= 0.6 is 47.0 Å². The number of hydrogen-bond acceptors (Lipinski definition) is 7. The quantitative estimate of drug-likeness (QED) is 0.0458. The monoisotopic (exact) mass is 736 g/mol. The minimum atomic E-state index is -0.327. The smallest absolute Gasteiger partial charge is 0.168 e. The van der Waals surface area contributed by atoms with E-state index >= 15 is 0 Å². The molecule has 0 saturated carbocycles. The van der Waals surface area contributed by atoms with Gasteiger partial charge in [-0.1, -0.05) is 129 Å². The third-order valence-corrected chi connectivity index (χ3v) is 14.3. The first-order valence-corrected chi connectivity index (χ1v) is 25.0. The molecule has 0 bridgehead atoms. The van der Waals surface area contributed by atoms with Gasteiger partial charge in [-0.2, -0.15) is 47.0 Å². The fourth-order valence-electron chi connectivity index (χ4n) is 6.33. The maximum Gasteiger partial charge on any atom is 0.168 e. The molecule has 1 heterocycles. The number of unbranched alkanes of at least 4 members (excludes halogenated alkanes) is 20. The lowest BCUT2D eigenvalue weighted by Gasteiger charge is -2.28. The van der Waals surface area contributed by atoms with Gasteiger partial charge >= 0.3 is 0 Å². The van der Waals surface area contributed by atoms with E-state index in [1.807, 2.05) is 0 Å². The van der Waals surface area contributed by atoms with E-state index in [9.17, 15) is 0 Å². The van der Waals surface area contributed by atoms with Gasteiger partial charge in [-0.25, -0.2) is 0 Å². The second-order valence-corrected chi connectivity index (χ2v) is 19.0. The van der Waals surface area contributed by atoms with Gasteiger partial charge in [-0.3, -0.25) is 0 Å². The number of methoxy groups -OCH3 is 1. The van der Waals surface area contributed by atoms with Crippen LogP contribution < -0.4 is 0 Å². The Morgan fingerprint density at radius 1 is 0.511 bits per heavy atom. The van der Waals surface area contributed by atoms with Crippen LogP contribution in [0, 0.1) is 0 Å². The third-order valence-electron chi connectivity index (χ3n) is 9.37. The molecular weight excluding hydrogens is 657 g/mol. The zero-order chi connectivity index (χ0) is 33.8. The molecule has 0 N–H and O–H groups in total. The van der Waals surface area contributed by atoms with Crippen molar-refractivity contribution in [3.8, 4) is 0 Å². The van der Waals surface area contributed by atoms with E-state index in [4.69, 9.17) is 14.2 Å². The lowest BCUT2D eigenvalue weighted by Crippen LogP contribution is -2.31. The lowest BCUT2D eigenvalue weighted by molar-refractivity contribution is -0.180. The molecular formula is C40H80O3S4. The zero-order valence-corrected chi connectivity index (χ0v) is 34.9. The van der Waals surface area contributed by atoms with Crippen LogP contribution in [0.15, 0.2) is 0 Å². The topological polar surface area (TPSA) is 27.7 Å². The molecule has 1 unspecified atom stereocenters. The standard InChI is InChI=1S/C40H80O3S4/c1-4-6-8-10-18-24-32-44-37-46-34-26-20-14-12-16-22-29-40(42-36-39(43-40)28-31-41-3)30-23-17-13-15-21-27-35-47-38-45-33-25-19-11-9-7-5-2/h39H,4-38H2,1-3H3. The molecule has 0 aromatic rings. The Morgan fingerprint density at radius 2 is 0.872 bits per heavy atom. The van der Waals surface area contributed by atoms with Crippen LogP contribution in [0.2, 0.25) is 0 Å². The molecule has 0 aliphatic carbocycles. The van der Waals surface area contributed by atoms with Crippen molar-refractivity contribution in [3.63, 3.8) is 0 Å². The van der Waals surface area contributed by atoms with Crippen LogP contribution in [0.25, 0.3) is 0 Å². The first-order valence-electron chi connectivity index (χ1n) is 20.4. The van der Waals surface area contributed by atoms with E-state index in [1.54, 1.807) is 7.11 Å². The summed E-state index contributed by atoms with van der Waals surface area (Å²) in [5.41, 5.74) is 0. The summed E-state index contributed by atoms with van der Waals surface area (Å²) in [7, 11) is 1.78. The Morgan fingerprint density at radius 3 is 1.26 bits per heavy atom. The first-order chi connectivity index (χ1) is 23.3. The molecule has 47 heavy (non-hydrogen) atoms. The number of hydrogen-bond donors (Lipinski definition) is 0. The van der Waals surface area contributed by atoms with Gasteiger partial charge in [0.1, 0.15) is 0 Å². The summed E-state index contributed by atoms with van der Waals surface area (Å²) >= 11 is 8.62. The highest BCUT2D eigenvalue weighted by Crippen LogP contribution is 2.35. The van der Waals surface area contributed by atoms with Crippen molar-refractivity contribution in [1.29, 1.82) is 0 Å². The van der Waals surface area contributed by atoms with Gasteiger partial charge in [0, 0.05) is 36.7 Å². The van der Waals surface area contributed by atoms with Crippen molar-refractivity contribution in [2.75, 3.05) is 53.5 Å². The van der Waals surface area contributed by atoms with E-state index < -0.39 is 0 Å². The van der Waals surface area contributed by atoms with Crippen LogP contribution in [0.4, 0.5) is 0 Å². The van der Waals surface area contributed by atoms with Gasteiger partial charge in [0.25, 0.3) is 0 Å². The summed E-state index contributed by atoms with van der Waals surface area (Å²) in [5, 5.41) is 2.58. The minimum Gasteiger partial charge on any atom is -0.385 e. The van der Waals surface area contributed by atoms with Gasteiger partial charge in [-0.05, 0) is 68.0 Å². The van der Waals surface area contributed by atoms with Crippen molar-refractivity contribution in [2.24, 2.45) is 0 Å². The predicted octanol–water partition coefficient (Wildman–Crippen LogP) is 14.2. The summed E-state index contributed by atoms with van der Waals surface area (Å²) in [6, 6.07) is 0. The number of ether oxygens (including phenoxy) is 3. The van der Waals surface area contributed by atoms with Crippen LogP contribution in [0.3, 0.4) is 0 Å². The largest absolute Gasteiger partial charge is 0.385 e. The molecule has 1 atom stereocenters. The molecule has 282 valence electrons. The Bertz CT molecular complexity index is 574. The first kappa shape index (κ1) is 46.3. The molecule has 1 rings (SSSR count). The normalized spacial score (nSPS) is 16.0. The molecule has 3 nitrogen and oxygen atoms in total. The minimum absolute atomic E-state index is 0.206. The second kappa shape index (κ2) is 37.1. The fraction of sp³-hybridized carbons (Fsp3) is 1.00. The molecule has 0 spiro atoms. The van der Waals surface area contributed by atoms with Crippen LogP contribution in [0.1, 0.15) is 187 Å². The summed E-state index contributed by atoms with van der Waals surface area (Å²) in [4.78, 5) is 0. The van der Waals surface area contributed by atoms with Gasteiger partial charge in [0.05, 0.1) is 12.7 Å². The van der Waals surface area contributed by atoms with Gasteiger partial charge in [0.2, 0.25) is 0 Å². The Labute approximate surface area is 312 Å². The van der Waals surface area contributed by atoms with Crippen molar-refractivity contribution in [2.45, 2.75) is 199 Å². The van der Waals surface area contributed by atoms with Crippen molar-refractivity contribution in [1.82, 2.24) is 0 Å². The fourth-order valence-corrected chi connectivity index (χ4v) is 10.8. The second-order valence-electron chi connectivity index (χ2n) is 13.9. The van der Waals surface area contributed by atoms with Crippen LogP contribution in [-0.4, -0.2) is 65.4 Å². The van der Waals surface area contributed by atoms with Gasteiger partial charge in [-0.15, -0.1) is 0 Å². The number of thioether (sulfide) groups is 4. The Balaban J connectivity index is 2.01. The molecule has 7 heteroatoms. The molecule has 0 radical (unpaired) electrons. The predicted molar refractivity (Wildman–Crippen MR) is 221 cm³/mol. The maximum atomic E-state index is 6.60. The zero-order valence-electron chi connectivity index (χ0n) is 31.7. The molecule has 0 aromatic heterocycles. The average Bonchev–Trinajstić information content (AvgIpc) is 3.49. The highest BCUT2D eigenvalue weighted by Gasteiger charge is 2.40. The van der Waals surface area contributed by atoms with Gasteiger partial charge in [0.15, 0.2) is 5.79 Å². The SMILES string of the molecule is CCCCCCCCSCSCCCCCCCCC1(CCCCCCCCSCSCCCCCCCC)OCC(CCOC)O1. The van der Waals surface area contributed by atoms with Crippen molar-refractivity contribution >= 4 is 47.0 Å². The summed E-state index contributed by atoms with van der Waals surface area (Å²) < 4.78 is 18.3. The van der Waals surface area contributed by atoms with E-state index in [2.05, 4.69) is 60.9 Å². The Kier molecular flexibility index (Phi) is 36.5. The van der Waals surface area contributed by atoms with Crippen LogP contribution in [0.5, 0.6) is 0 Å². The third kappa shape index (κ3) is 30.6. The van der Waals surface area contributed by atoms with Crippen LogP contribution in [-0.2, 0) is 14.2 Å². The highest BCUT2D eigenvalue weighted by molar-refractivity contribution is 8.16. The summed E-state index contributed by atoms with van der Waals surface area (Å²) in [5.74, 6) is 5.08. The molecule has 1 aliphatic heterocycles. The molecule has 0 amide bonds. The summed E-state index contributed by atoms with van der Waals surface area (Å²) in [6.45, 7) is 6.10. The molecule has 0 aromatic carbocycles. The Hall–Kier alpha value is 1.28.